The number of halogens is 3. The maximum absolute atomic E-state index is 13.8. The van der Waals surface area contributed by atoms with Crippen molar-refractivity contribution in [3.8, 4) is 0 Å². The van der Waals surface area contributed by atoms with Crippen molar-refractivity contribution < 1.29 is 8.78 Å². The first-order chi connectivity index (χ1) is 10.1. The second kappa shape index (κ2) is 5.42. The molecule has 0 atom stereocenters. The predicted octanol–water partition coefficient (Wildman–Crippen LogP) is 3.31. The van der Waals surface area contributed by atoms with Crippen LogP contribution in [0.5, 0.6) is 0 Å². The summed E-state index contributed by atoms with van der Waals surface area (Å²) < 4.78 is 26.8. The van der Waals surface area contributed by atoms with Crippen LogP contribution in [0.1, 0.15) is 24.6 Å². The minimum atomic E-state index is -0.797. The molecule has 4 N–H and O–H groups in total. The summed E-state index contributed by atoms with van der Waals surface area (Å²) >= 11 is 5.85. The van der Waals surface area contributed by atoms with Crippen LogP contribution in [0.15, 0.2) is 18.2 Å². The number of nitrogens with two attached hydrogens (primary N) is 1. The Morgan fingerprint density at radius 2 is 1.86 bits per heavy atom. The van der Waals surface area contributed by atoms with E-state index in [1.807, 2.05) is 0 Å². The fourth-order valence-corrected chi connectivity index (χ4v) is 2.16. The molecule has 0 amide bonds. The molecule has 1 saturated carbocycles. The van der Waals surface area contributed by atoms with E-state index >= 15 is 0 Å². The fourth-order valence-electron chi connectivity index (χ4n) is 1.92. The third-order valence-corrected chi connectivity index (χ3v) is 3.39. The van der Waals surface area contributed by atoms with E-state index in [2.05, 4.69) is 20.7 Å². The summed E-state index contributed by atoms with van der Waals surface area (Å²) in [6.07, 6.45) is 2.03. The van der Waals surface area contributed by atoms with Gasteiger partial charge in [0.2, 0.25) is 0 Å². The molecule has 1 aliphatic carbocycles. The molecule has 1 aliphatic rings. The standard InChI is InChI=1S/C13H12ClF2N5/c14-8-3-7(15)4-9(16)12(8)18-10-5-11(21-17)20-13(19-10)6-1-2-6/h3-6H,1-2,17H2,(H2,18,19,20,21). The van der Waals surface area contributed by atoms with Crippen molar-refractivity contribution in [2.75, 3.05) is 10.7 Å². The summed E-state index contributed by atoms with van der Waals surface area (Å²) in [7, 11) is 0. The molecule has 8 heteroatoms. The number of hydrazine groups is 1. The topological polar surface area (TPSA) is 75.9 Å². The van der Waals surface area contributed by atoms with Gasteiger partial charge in [0.1, 0.15) is 23.3 Å². The second-order valence-electron chi connectivity index (χ2n) is 4.78. The molecule has 1 heterocycles. The zero-order chi connectivity index (χ0) is 15.0. The first kappa shape index (κ1) is 14.0. The quantitative estimate of drug-likeness (QED) is 0.596. The first-order valence-corrected chi connectivity index (χ1v) is 6.72. The van der Waals surface area contributed by atoms with Crippen molar-refractivity contribution >= 4 is 28.9 Å². The third-order valence-electron chi connectivity index (χ3n) is 3.09. The van der Waals surface area contributed by atoms with Gasteiger partial charge in [0.15, 0.2) is 5.82 Å². The molecule has 110 valence electrons. The molecule has 0 aliphatic heterocycles. The lowest BCUT2D eigenvalue weighted by Crippen LogP contribution is -2.11. The zero-order valence-corrected chi connectivity index (χ0v) is 11.6. The molecule has 5 nitrogen and oxygen atoms in total. The van der Waals surface area contributed by atoms with Gasteiger partial charge in [0, 0.05) is 18.1 Å². The molecule has 1 aromatic carbocycles. The van der Waals surface area contributed by atoms with Crippen LogP contribution in [0.3, 0.4) is 0 Å². The predicted molar refractivity (Wildman–Crippen MR) is 76.5 cm³/mol. The first-order valence-electron chi connectivity index (χ1n) is 6.34. The van der Waals surface area contributed by atoms with Gasteiger partial charge in [-0.1, -0.05) is 11.6 Å². The molecule has 1 aromatic heterocycles. The summed E-state index contributed by atoms with van der Waals surface area (Å²) in [4.78, 5) is 8.55. The van der Waals surface area contributed by atoms with Crippen LogP contribution in [-0.4, -0.2) is 9.97 Å². The Bertz CT molecular complexity index is 667. The van der Waals surface area contributed by atoms with Crippen molar-refractivity contribution in [2.24, 2.45) is 5.84 Å². The Morgan fingerprint density at radius 3 is 2.48 bits per heavy atom. The van der Waals surface area contributed by atoms with E-state index in [4.69, 9.17) is 17.4 Å². The highest BCUT2D eigenvalue weighted by Gasteiger charge is 2.27. The van der Waals surface area contributed by atoms with Gasteiger partial charge in [0.25, 0.3) is 0 Å². The van der Waals surface area contributed by atoms with Crippen molar-refractivity contribution in [1.82, 2.24) is 9.97 Å². The van der Waals surface area contributed by atoms with E-state index in [0.29, 0.717) is 23.4 Å². The van der Waals surface area contributed by atoms with Gasteiger partial charge in [-0.25, -0.2) is 24.6 Å². The van der Waals surface area contributed by atoms with Crippen LogP contribution in [0, 0.1) is 11.6 Å². The molecule has 0 bridgehead atoms. The molecule has 21 heavy (non-hydrogen) atoms. The van der Waals surface area contributed by atoms with Gasteiger partial charge in [-0.3, -0.25) is 0 Å². The van der Waals surface area contributed by atoms with Gasteiger partial charge >= 0.3 is 0 Å². The van der Waals surface area contributed by atoms with Crippen LogP contribution in [-0.2, 0) is 0 Å². The van der Waals surface area contributed by atoms with Gasteiger partial charge < -0.3 is 10.7 Å². The van der Waals surface area contributed by atoms with E-state index in [0.717, 1.165) is 25.0 Å². The highest BCUT2D eigenvalue weighted by molar-refractivity contribution is 6.33. The van der Waals surface area contributed by atoms with Crippen molar-refractivity contribution in [3.05, 3.63) is 40.7 Å². The van der Waals surface area contributed by atoms with Crippen LogP contribution < -0.4 is 16.6 Å². The number of hydrogen-bond donors (Lipinski definition) is 3. The number of hydrogen-bond acceptors (Lipinski definition) is 5. The molecular weight excluding hydrogens is 300 g/mol. The number of benzene rings is 1. The summed E-state index contributed by atoms with van der Waals surface area (Å²) in [5.41, 5.74) is 2.40. The number of nitrogens with zero attached hydrogens (tertiary/aromatic N) is 2. The number of nitrogen functional groups attached to an aromatic ring is 1. The Kier molecular flexibility index (Phi) is 3.60. The largest absolute Gasteiger partial charge is 0.336 e. The molecule has 0 saturated heterocycles. The molecule has 2 aromatic rings. The highest BCUT2D eigenvalue weighted by atomic mass is 35.5. The summed E-state index contributed by atoms with van der Waals surface area (Å²) in [5.74, 6) is 5.50. The minimum absolute atomic E-state index is 0.0403. The van der Waals surface area contributed by atoms with Gasteiger partial charge in [0.05, 0.1) is 10.7 Å². The number of nitrogens with one attached hydrogen (secondary N) is 2. The summed E-state index contributed by atoms with van der Waals surface area (Å²) in [6, 6.07) is 3.29. The van der Waals surface area contributed by atoms with Crippen molar-refractivity contribution in [2.45, 2.75) is 18.8 Å². The summed E-state index contributed by atoms with van der Waals surface area (Å²) in [5, 5.41) is 2.68. The van der Waals surface area contributed by atoms with Crippen molar-refractivity contribution in [3.63, 3.8) is 0 Å². The zero-order valence-electron chi connectivity index (χ0n) is 10.8. The number of aromatic nitrogens is 2. The minimum Gasteiger partial charge on any atom is -0.336 e. The lowest BCUT2D eigenvalue weighted by molar-refractivity contribution is 0.586. The Hall–Kier alpha value is -1.99. The van der Waals surface area contributed by atoms with E-state index in [1.165, 1.54) is 6.07 Å². The fraction of sp³-hybridized carbons (Fsp3) is 0.231. The van der Waals surface area contributed by atoms with Gasteiger partial charge in [-0.2, -0.15) is 0 Å². The van der Waals surface area contributed by atoms with Crippen LogP contribution >= 0.6 is 11.6 Å². The molecule has 0 unspecified atom stereocenters. The molecule has 0 radical (unpaired) electrons. The normalized spacial score (nSPS) is 14.1. The molecule has 0 spiro atoms. The lowest BCUT2D eigenvalue weighted by atomic mass is 10.3. The van der Waals surface area contributed by atoms with Crippen LogP contribution in [0.25, 0.3) is 0 Å². The monoisotopic (exact) mass is 311 g/mol. The Morgan fingerprint density at radius 1 is 1.14 bits per heavy atom. The molecule has 3 rings (SSSR count). The lowest BCUT2D eigenvalue weighted by Gasteiger charge is -2.11. The molecule has 1 fully saturated rings. The van der Waals surface area contributed by atoms with E-state index in [9.17, 15) is 8.78 Å². The average molecular weight is 312 g/mol. The van der Waals surface area contributed by atoms with Crippen LogP contribution in [0.4, 0.5) is 26.1 Å². The van der Waals surface area contributed by atoms with Gasteiger partial charge in [-0.05, 0) is 18.9 Å². The Labute approximate surface area is 124 Å². The second-order valence-corrected chi connectivity index (χ2v) is 5.19. The number of anilines is 3. The summed E-state index contributed by atoms with van der Waals surface area (Å²) in [6.45, 7) is 0. The van der Waals surface area contributed by atoms with E-state index < -0.39 is 11.6 Å². The van der Waals surface area contributed by atoms with Crippen LogP contribution in [0.2, 0.25) is 5.02 Å². The van der Waals surface area contributed by atoms with Crippen molar-refractivity contribution in [1.29, 1.82) is 0 Å². The maximum Gasteiger partial charge on any atom is 0.151 e. The van der Waals surface area contributed by atoms with E-state index in [1.54, 1.807) is 0 Å². The number of rotatable bonds is 4. The third kappa shape index (κ3) is 3.03. The SMILES string of the molecule is NNc1cc(Nc2c(F)cc(F)cc2Cl)nc(C2CC2)n1. The smallest absolute Gasteiger partial charge is 0.151 e. The maximum atomic E-state index is 13.8. The van der Waals surface area contributed by atoms with Gasteiger partial charge in [-0.15, -0.1) is 0 Å². The molecular formula is C13H12ClF2N5. The Balaban J connectivity index is 1.96. The average Bonchev–Trinajstić information content (AvgIpc) is 3.27. The van der Waals surface area contributed by atoms with E-state index in [-0.39, 0.29) is 10.7 Å². The highest BCUT2D eigenvalue weighted by Crippen LogP contribution is 2.39.